The summed E-state index contributed by atoms with van der Waals surface area (Å²) in [7, 11) is 1.78. The van der Waals surface area contributed by atoms with Crippen molar-refractivity contribution in [2.75, 3.05) is 48.8 Å². The quantitative estimate of drug-likeness (QED) is 0.672. The topological polar surface area (TPSA) is 95.1 Å². The average Bonchev–Trinajstić information content (AvgIpc) is 3.01. The van der Waals surface area contributed by atoms with E-state index in [2.05, 4.69) is 35.8 Å². The molecular formula is C13H23N7O. The second-order valence-electron chi connectivity index (χ2n) is 4.86. The predicted molar refractivity (Wildman–Crippen MR) is 82.6 cm³/mol. The number of amides is 1. The molecule has 0 atom stereocenters. The Labute approximate surface area is 124 Å². The molecule has 0 aliphatic carbocycles. The van der Waals surface area contributed by atoms with E-state index in [1.165, 1.54) is 12.8 Å². The van der Waals surface area contributed by atoms with Gasteiger partial charge in [-0.15, -0.1) is 0 Å². The molecule has 8 nitrogen and oxygen atoms in total. The Morgan fingerprint density at radius 3 is 2.57 bits per heavy atom. The Morgan fingerprint density at radius 1 is 1.19 bits per heavy atom. The zero-order valence-electron chi connectivity index (χ0n) is 12.6. The van der Waals surface area contributed by atoms with Crippen molar-refractivity contribution in [3.05, 3.63) is 0 Å². The SMILES string of the molecule is CCNC(=O)CCNc1nc(NC)nc(N2CCCC2)n1. The standard InChI is InChI=1S/C13H23N7O/c1-3-15-10(21)6-7-16-12-17-11(14-2)18-13(19-12)20-8-4-5-9-20/h3-9H2,1-2H3,(H,15,21)(H2,14,16,17,18,19). The molecule has 2 heterocycles. The molecule has 1 fully saturated rings. The summed E-state index contributed by atoms with van der Waals surface area (Å²) in [6.45, 7) is 5.00. The molecule has 3 N–H and O–H groups in total. The van der Waals surface area contributed by atoms with Crippen LogP contribution in [0, 0.1) is 0 Å². The minimum Gasteiger partial charge on any atom is -0.357 e. The third-order valence-electron chi connectivity index (χ3n) is 3.25. The van der Waals surface area contributed by atoms with Gasteiger partial charge in [-0.2, -0.15) is 15.0 Å². The summed E-state index contributed by atoms with van der Waals surface area (Å²) in [4.78, 5) is 26.6. The minimum atomic E-state index is 0.0210. The third kappa shape index (κ3) is 4.44. The fraction of sp³-hybridized carbons (Fsp3) is 0.692. The van der Waals surface area contributed by atoms with Crippen LogP contribution in [0.2, 0.25) is 0 Å². The first-order valence-corrected chi connectivity index (χ1v) is 7.42. The van der Waals surface area contributed by atoms with Crippen LogP contribution in [0.15, 0.2) is 0 Å². The van der Waals surface area contributed by atoms with Gasteiger partial charge in [-0.3, -0.25) is 4.79 Å². The van der Waals surface area contributed by atoms with Crippen LogP contribution in [0.4, 0.5) is 17.8 Å². The van der Waals surface area contributed by atoms with Crippen molar-refractivity contribution >= 4 is 23.8 Å². The summed E-state index contributed by atoms with van der Waals surface area (Å²) < 4.78 is 0. The van der Waals surface area contributed by atoms with Crippen LogP contribution in [0.1, 0.15) is 26.2 Å². The van der Waals surface area contributed by atoms with Gasteiger partial charge in [0.2, 0.25) is 23.8 Å². The van der Waals surface area contributed by atoms with Gasteiger partial charge in [0, 0.05) is 39.6 Å². The van der Waals surface area contributed by atoms with Crippen molar-refractivity contribution in [3.8, 4) is 0 Å². The predicted octanol–water partition coefficient (Wildman–Crippen LogP) is 0.452. The van der Waals surface area contributed by atoms with Crippen molar-refractivity contribution in [1.29, 1.82) is 0 Å². The molecule has 116 valence electrons. The third-order valence-corrected chi connectivity index (χ3v) is 3.25. The number of rotatable bonds is 7. The summed E-state index contributed by atoms with van der Waals surface area (Å²) in [6, 6.07) is 0. The van der Waals surface area contributed by atoms with Crippen LogP contribution in [0.3, 0.4) is 0 Å². The number of anilines is 3. The highest BCUT2D eigenvalue weighted by Gasteiger charge is 2.17. The first kappa shape index (κ1) is 15.3. The smallest absolute Gasteiger partial charge is 0.231 e. The number of carbonyl (C=O) groups is 1. The number of hydrogen-bond donors (Lipinski definition) is 3. The largest absolute Gasteiger partial charge is 0.357 e. The van der Waals surface area contributed by atoms with Gasteiger partial charge in [-0.05, 0) is 19.8 Å². The highest BCUT2D eigenvalue weighted by Crippen LogP contribution is 2.18. The fourth-order valence-electron chi connectivity index (χ4n) is 2.19. The lowest BCUT2D eigenvalue weighted by Crippen LogP contribution is -2.25. The lowest BCUT2D eigenvalue weighted by atomic mass is 10.4. The summed E-state index contributed by atoms with van der Waals surface area (Å²) in [5.74, 6) is 1.74. The molecule has 0 saturated carbocycles. The number of aromatic nitrogens is 3. The molecule has 1 aliphatic heterocycles. The van der Waals surface area contributed by atoms with E-state index >= 15 is 0 Å². The summed E-state index contributed by atoms with van der Waals surface area (Å²) in [5, 5.41) is 8.78. The van der Waals surface area contributed by atoms with Gasteiger partial charge >= 0.3 is 0 Å². The minimum absolute atomic E-state index is 0.0210. The monoisotopic (exact) mass is 293 g/mol. The highest BCUT2D eigenvalue weighted by atomic mass is 16.1. The molecule has 0 radical (unpaired) electrons. The molecule has 1 aromatic heterocycles. The molecule has 0 aromatic carbocycles. The molecule has 1 saturated heterocycles. The van der Waals surface area contributed by atoms with Crippen LogP contribution in [0.5, 0.6) is 0 Å². The molecular weight excluding hydrogens is 270 g/mol. The first-order chi connectivity index (χ1) is 10.2. The molecule has 1 aromatic rings. The fourth-order valence-corrected chi connectivity index (χ4v) is 2.19. The maximum atomic E-state index is 11.4. The van der Waals surface area contributed by atoms with E-state index in [1.54, 1.807) is 7.05 Å². The maximum Gasteiger partial charge on any atom is 0.231 e. The van der Waals surface area contributed by atoms with Crippen LogP contribution >= 0.6 is 0 Å². The Bertz CT molecular complexity index is 474. The summed E-state index contributed by atoms with van der Waals surface area (Å²) in [6.07, 6.45) is 2.73. The first-order valence-electron chi connectivity index (χ1n) is 7.42. The average molecular weight is 293 g/mol. The Hall–Kier alpha value is -2.12. The van der Waals surface area contributed by atoms with Gasteiger partial charge in [-0.25, -0.2) is 0 Å². The number of nitrogens with zero attached hydrogens (tertiary/aromatic N) is 4. The zero-order chi connectivity index (χ0) is 15.1. The number of nitrogens with one attached hydrogen (secondary N) is 3. The van der Waals surface area contributed by atoms with Crippen molar-refractivity contribution < 1.29 is 4.79 Å². The summed E-state index contributed by atoms with van der Waals surface area (Å²) >= 11 is 0. The van der Waals surface area contributed by atoms with E-state index in [-0.39, 0.29) is 5.91 Å². The van der Waals surface area contributed by atoms with Crippen molar-refractivity contribution in [2.45, 2.75) is 26.2 Å². The molecule has 0 unspecified atom stereocenters. The highest BCUT2D eigenvalue weighted by molar-refractivity contribution is 5.76. The van der Waals surface area contributed by atoms with Gasteiger partial charge < -0.3 is 20.9 Å². The number of carbonyl (C=O) groups excluding carboxylic acids is 1. The van der Waals surface area contributed by atoms with Crippen LogP contribution in [-0.4, -0.2) is 54.1 Å². The second-order valence-corrected chi connectivity index (χ2v) is 4.86. The van der Waals surface area contributed by atoms with E-state index in [4.69, 9.17) is 0 Å². The molecule has 21 heavy (non-hydrogen) atoms. The van der Waals surface area contributed by atoms with E-state index in [0.717, 1.165) is 13.1 Å². The van der Waals surface area contributed by atoms with E-state index < -0.39 is 0 Å². The van der Waals surface area contributed by atoms with Crippen molar-refractivity contribution in [1.82, 2.24) is 20.3 Å². The van der Waals surface area contributed by atoms with Gasteiger partial charge in [0.05, 0.1) is 0 Å². The molecule has 1 amide bonds. The molecule has 0 bridgehead atoms. The lowest BCUT2D eigenvalue weighted by molar-refractivity contribution is -0.120. The molecule has 1 aliphatic rings. The number of hydrogen-bond acceptors (Lipinski definition) is 7. The van der Waals surface area contributed by atoms with E-state index in [9.17, 15) is 4.79 Å². The van der Waals surface area contributed by atoms with E-state index in [0.29, 0.717) is 37.4 Å². The van der Waals surface area contributed by atoms with Crippen LogP contribution in [-0.2, 0) is 4.79 Å². The molecule has 2 rings (SSSR count). The normalized spacial score (nSPS) is 14.1. The van der Waals surface area contributed by atoms with Crippen LogP contribution in [0.25, 0.3) is 0 Å². The second kappa shape index (κ2) is 7.61. The Kier molecular flexibility index (Phi) is 5.53. The zero-order valence-corrected chi connectivity index (χ0v) is 12.6. The van der Waals surface area contributed by atoms with Crippen molar-refractivity contribution in [3.63, 3.8) is 0 Å². The van der Waals surface area contributed by atoms with Crippen molar-refractivity contribution in [2.24, 2.45) is 0 Å². The summed E-state index contributed by atoms with van der Waals surface area (Å²) in [5.41, 5.74) is 0. The van der Waals surface area contributed by atoms with Crippen LogP contribution < -0.4 is 20.9 Å². The Balaban J connectivity index is 1.97. The Morgan fingerprint density at radius 2 is 1.90 bits per heavy atom. The van der Waals surface area contributed by atoms with Gasteiger partial charge in [0.15, 0.2) is 0 Å². The van der Waals surface area contributed by atoms with Gasteiger partial charge in [0.25, 0.3) is 0 Å². The van der Waals surface area contributed by atoms with Gasteiger partial charge in [0.1, 0.15) is 0 Å². The van der Waals surface area contributed by atoms with Gasteiger partial charge in [-0.1, -0.05) is 0 Å². The molecule has 0 spiro atoms. The lowest BCUT2D eigenvalue weighted by Gasteiger charge is -2.16. The van der Waals surface area contributed by atoms with E-state index in [1.807, 2.05) is 6.92 Å². The maximum absolute atomic E-state index is 11.4. The molecule has 8 heteroatoms.